The van der Waals surface area contributed by atoms with Gasteiger partial charge in [0.1, 0.15) is 11.9 Å². The Labute approximate surface area is 271 Å². The van der Waals surface area contributed by atoms with Gasteiger partial charge in [0.15, 0.2) is 6.29 Å². The smallest absolute Gasteiger partial charge is 0.407 e. The van der Waals surface area contributed by atoms with Crippen LogP contribution < -0.4 is 20.7 Å². The number of amides is 3. The summed E-state index contributed by atoms with van der Waals surface area (Å²) in [5, 5.41) is 19.7. The van der Waals surface area contributed by atoms with Crippen molar-refractivity contribution in [3.05, 3.63) is 60.2 Å². The molecule has 0 unspecified atom stereocenters. The van der Waals surface area contributed by atoms with Gasteiger partial charge < -0.3 is 40.0 Å². The molecule has 2 aromatic rings. The molecule has 46 heavy (non-hydrogen) atoms. The number of carbonyl (C=O) groups excluding carboxylic acids is 2. The van der Waals surface area contributed by atoms with E-state index in [9.17, 15) is 23.1 Å². The summed E-state index contributed by atoms with van der Waals surface area (Å²) in [6.45, 7) is 4.61. The highest BCUT2D eigenvalue weighted by Gasteiger charge is 2.44. The van der Waals surface area contributed by atoms with Crippen molar-refractivity contribution in [3.63, 3.8) is 0 Å². The molecule has 254 valence electrons. The SMILES string of the molecule is CNC(=O)NCC(C)(C)CCN(C[C@H](O)[C@H](Cc1ccccc1)NC(=O)O[C@@H]1CO[C@@H]2OCC[C@@H]21)S(=O)(=O)c1ccc(OC)cc1. The number of aliphatic hydroxyl groups is 1. The van der Waals surface area contributed by atoms with E-state index in [2.05, 4.69) is 16.0 Å². The third-order valence-corrected chi connectivity index (χ3v) is 10.3. The summed E-state index contributed by atoms with van der Waals surface area (Å²) in [7, 11) is -1.09. The molecule has 0 spiro atoms. The largest absolute Gasteiger partial charge is 0.497 e. The van der Waals surface area contributed by atoms with Crippen molar-refractivity contribution >= 4 is 22.1 Å². The summed E-state index contributed by atoms with van der Waals surface area (Å²) in [5.74, 6) is 0.440. The fraction of sp³-hybridized carbons (Fsp3) is 0.562. The number of fused-ring (bicyclic) bond motifs is 1. The Morgan fingerprint density at radius 3 is 2.50 bits per heavy atom. The quantitative estimate of drug-likeness (QED) is 0.224. The first-order valence-corrected chi connectivity index (χ1v) is 16.9. The molecule has 2 saturated heterocycles. The number of aliphatic hydroxyl groups excluding tert-OH is 1. The summed E-state index contributed by atoms with van der Waals surface area (Å²) >= 11 is 0. The van der Waals surface area contributed by atoms with Gasteiger partial charge in [-0.15, -0.1) is 0 Å². The summed E-state index contributed by atoms with van der Waals surface area (Å²) in [6, 6.07) is 14.1. The topological polar surface area (TPSA) is 165 Å². The number of hydrogen-bond acceptors (Lipinski definition) is 9. The van der Waals surface area contributed by atoms with Gasteiger partial charge in [-0.05, 0) is 54.5 Å². The molecule has 4 rings (SSSR count). The van der Waals surface area contributed by atoms with Crippen molar-refractivity contribution in [2.75, 3.05) is 47.0 Å². The number of alkyl carbamates (subject to hydrolysis) is 1. The lowest BCUT2D eigenvalue weighted by Gasteiger charge is -2.32. The standard InChI is InChI=1S/C32H46N4O9S/c1-32(2,21-34-30(38)33-3)15-16-36(46(40,41)24-12-10-23(42-4)11-13-24)19-27(37)26(18-22-8-6-5-7-9-22)35-31(39)45-28-20-44-29-25(28)14-17-43-29/h5-13,25-29,37H,14-21H2,1-4H3,(H,35,39)(H2,33,34,38)/t25-,26+,27+,28-,29+/m1/s1. The second-order valence-electron chi connectivity index (χ2n) is 12.4. The Kier molecular flexibility index (Phi) is 12.3. The van der Waals surface area contributed by atoms with Crippen LogP contribution in [0.1, 0.15) is 32.3 Å². The van der Waals surface area contributed by atoms with Crippen LogP contribution in [0.2, 0.25) is 0 Å². The highest BCUT2D eigenvalue weighted by atomic mass is 32.2. The number of nitrogens with zero attached hydrogens (tertiary/aromatic N) is 1. The van der Waals surface area contributed by atoms with Crippen molar-refractivity contribution in [2.45, 2.75) is 62.5 Å². The summed E-state index contributed by atoms with van der Waals surface area (Å²) < 4.78 is 51.2. The predicted molar refractivity (Wildman–Crippen MR) is 170 cm³/mol. The van der Waals surface area contributed by atoms with E-state index in [1.165, 1.54) is 30.6 Å². The van der Waals surface area contributed by atoms with Crippen molar-refractivity contribution < 1.29 is 42.1 Å². The number of benzene rings is 2. The molecular formula is C32H46N4O9S. The monoisotopic (exact) mass is 662 g/mol. The molecule has 0 aliphatic carbocycles. The molecule has 5 atom stereocenters. The minimum Gasteiger partial charge on any atom is -0.497 e. The van der Waals surface area contributed by atoms with Gasteiger partial charge in [0.05, 0.1) is 43.3 Å². The van der Waals surface area contributed by atoms with Crippen LogP contribution in [0.4, 0.5) is 9.59 Å². The minimum atomic E-state index is -4.10. The van der Waals surface area contributed by atoms with Crippen LogP contribution in [0.3, 0.4) is 0 Å². The maximum atomic E-state index is 14.0. The molecule has 2 aliphatic rings. The first kappa shape index (κ1) is 35.4. The van der Waals surface area contributed by atoms with Gasteiger partial charge >= 0.3 is 12.1 Å². The van der Waals surface area contributed by atoms with E-state index in [0.29, 0.717) is 31.7 Å². The van der Waals surface area contributed by atoms with E-state index in [1.807, 2.05) is 44.2 Å². The molecule has 3 amide bonds. The van der Waals surface area contributed by atoms with Gasteiger partial charge in [0, 0.05) is 26.7 Å². The van der Waals surface area contributed by atoms with Crippen molar-refractivity contribution in [1.29, 1.82) is 0 Å². The molecular weight excluding hydrogens is 616 g/mol. The van der Waals surface area contributed by atoms with Crippen LogP contribution in [-0.4, -0.2) is 101 Å². The number of methoxy groups -OCH3 is 1. The van der Waals surface area contributed by atoms with Crippen LogP contribution in [0.5, 0.6) is 5.75 Å². The molecule has 0 aromatic heterocycles. The number of sulfonamides is 1. The van der Waals surface area contributed by atoms with Crippen LogP contribution in [0.15, 0.2) is 59.5 Å². The zero-order valence-corrected chi connectivity index (χ0v) is 27.6. The number of carbonyl (C=O) groups is 2. The second kappa shape index (κ2) is 15.9. The average molecular weight is 663 g/mol. The molecule has 0 radical (unpaired) electrons. The van der Waals surface area contributed by atoms with Crippen LogP contribution >= 0.6 is 0 Å². The Hall–Kier alpha value is -3.43. The molecule has 0 saturated carbocycles. The van der Waals surface area contributed by atoms with Gasteiger partial charge in [-0.25, -0.2) is 18.0 Å². The van der Waals surface area contributed by atoms with Crippen LogP contribution in [0, 0.1) is 11.3 Å². The molecule has 2 aromatic carbocycles. The highest BCUT2D eigenvalue weighted by Crippen LogP contribution is 2.33. The number of nitrogens with one attached hydrogen (secondary N) is 3. The molecule has 14 heteroatoms. The second-order valence-corrected chi connectivity index (χ2v) is 14.3. The fourth-order valence-corrected chi connectivity index (χ4v) is 6.95. The van der Waals surface area contributed by atoms with Gasteiger partial charge in [0.2, 0.25) is 10.0 Å². The zero-order valence-electron chi connectivity index (χ0n) is 26.8. The molecule has 13 nitrogen and oxygen atoms in total. The number of ether oxygens (including phenoxy) is 4. The van der Waals surface area contributed by atoms with Gasteiger partial charge in [0.25, 0.3) is 0 Å². The number of rotatable bonds is 15. The van der Waals surface area contributed by atoms with Gasteiger partial charge in [-0.3, -0.25) is 0 Å². The van der Waals surface area contributed by atoms with E-state index in [-0.39, 0.29) is 43.0 Å². The highest BCUT2D eigenvalue weighted by molar-refractivity contribution is 7.89. The molecule has 4 N–H and O–H groups in total. The zero-order chi connectivity index (χ0) is 33.3. The normalized spacial score (nSPS) is 20.9. The minimum absolute atomic E-state index is 0.0309. The molecule has 2 heterocycles. The first-order chi connectivity index (χ1) is 21.9. The lowest BCUT2D eigenvalue weighted by Crippen LogP contribution is -2.51. The van der Waals surface area contributed by atoms with Gasteiger partial charge in [-0.1, -0.05) is 44.2 Å². The number of hydrogen-bond donors (Lipinski definition) is 4. The van der Waals surface area contributed by atoms with Crippen molar-refractivity contribution in [2.24, 2.45) is 11.3 Å². The average Bonchev–Trinajstić information content (AvgIpc) is 3.67. The Morgan fingerprint density at radius 2 is 1.83 bits per heavy atom. The van der Waals surface area contributed by atoms with E-state index in [1.54, 1.807) is 12.1 Å². The lowest BCUT2D eigenvalue weighted by molar-refractivity contribution is -0.0907. The lowest BCUT2D eigenvalue weighted by atomic mass is 9.89. The molecule has 2 aliphatic heterocycles. The maximum Gasteiger partial charge on any atom is 0.407 e. The summed E-state index contributed by atoms with van der Waals surface area (Å²) in [4.78, 5) is 25.0. The van der Waals surface area contributed by atoms with Crippen LogP contribution in [0.25, 0.3) is 0 Å². The van der Waals surface area contributed by atoms with Gasteiger partial charge in [-0.2, -0.15) is 4.31 Å². The Morgan fingerprint density at radius 1 is 1.11 bits per heavy atom. The maximum absolute atomic E-state index is 14.0. The number of urea groups is 1. The summed E-state index contributed by atoms with van der Waals surface area (Å²) in [6.07, 6.45) is -1.61. The van der Waals surface area contributed by atoms with E-state index < -0.39 is 46.1 Å². The van der Waals surface area contributed by atoms with Crippen molar-refractivity contribution in [3.8, 4) is 5.75 Å². The van der Waals surface area contributed by atoms with Crippen LogP contribution in [-0.2, 0) is 30.7 Å². The molecule has 0 bridgehead atoms. The third kappa shape index (κ3) is 9.55. The first-order valence-electron chi connectivity index (χ1n) is 15.4. The Balaban J connectivity index is 1.54. The fourth-order valence-electron chi connectivity index (χ4n) is 5.49. The van der Waals surface area contributed by atoms with E-state index >= 15 is 0 Å². The van der Waals surface area contributed by atoms with E-state index in [0.717, 1.165) is 5.56 Å². The predicted octanol–water partition coefficient (Wildman–Crippen LogP) is 2.49. The Bertz CT molecular complexity index is 1390. The molecule has 2 fully saturated rings. The summed E-state index contributed by atoms with van der Waals surface area (Å²) in [5.41, 5.74) is 0.355. The van der Waals surface area contributed by atoms with Crippen molar-refractivity contribution in [1.82, 2.24) is 20.3 Å². The third-order valence-electron chi connectivity index (χ3n) is 8.39. The van der Waals surface area contributed by atoms with E-state index in [4.69, 9.17) is 18.9 Å².